The zero-order valence-electron chi connectivity index (χ0n) is 17.8. The summed E-state index contributed by atoms with van der Waals surface area (Å²) >= 11 is 0. The van der Waals surface area contributed by atoms with E-state index in [0.717, 1.165) is 22.4 Å². The van der Waals surface area contributed by atoms with Gasteiger partial charge in [0.2, 0.25) is 0 Å². The summed E-state index contributed by atoms with van der Waals surface area (Å²) in [5.74, 6) is -0.818. The average Bonchev–Trinajstić information content (AvgIpc) is 3.27. The van der Waals surface area contributed by atoms with E-state index in [1.54, 1.807) is 4.68 Å². The van der Waals surface area contributed by atoms with Crippen molar-refractivity contribution >= 4 is 17.6 Å². The highest BCUT2D eigenvalue weighted by Gasteiger charge is 2.21. The SMILES string of the molecule is Cc1ccc(C)c(NC(=O)COC(=O)c2nc(-c3ccccc3)n(-c3ccccc3)n2)c1. The summed E-state index contributed by atoms with van der Waals surface area (Å²) in [5, 5.41) is 7.11. The Hall–Kier alpha value is -4.26. The normalized spacial score (nSPS) is 10.6. The monoisotopic (exact) mass is 426 g/mol. The van der Waals surface area contributed by atoms with Crippen LogP contribution in [0, 0.1) is 13.8 Å². The molecule has 1 amide bonds. The van der Waals surface area contributed by atoms with Crippen LogP contribution >= 0.6 is 0 Å². The number of amides is 1. The molecule has 0 spiro atoms. The molecular formula is C25H22N4O3. The molecular weight excluding hydrogens is 404 g/mol. The van der Waals surface area contributed by atoms with Crippen LogP contribution in [0.2, 0.25) is 0 Å². The summed E-state index contributed by atoms with van der Waals surface area (Å²) in [6.45, 7) is 3.40. The number of carbonyl (C=O) groups is 2. The lowest BCUT2D eigenvalue weighted by Crippen LogP contribution is -2.22. The van der Waals surface area contributed by atoms with Gasteiger partial charge in [-0.1, -0.05) is 60.7 Å². The number of carbonyl (C=O) groups excluding carboxylic acids is 2. The molecule has 3 aromatic carbocycles. The minimum atomic E-state index is -0.770. The molecule has 4 aromatic rings. The summed E-state index contributed by atoms with van der Waals surface area (Å²) in [6.07, 6.45) is 0. The molecule has 1 heterocycles. The molecule has 0 aliphatic rings. The summed E-state index contributed by atoms with van der Waals surface area (Å²) in [4.78, 5) is 29.3. The maximum absolute atomic E-state index is 12.6. The number of ether oxygens (including phenoxy) is 1. The second-order valence-electron chi connectivity index (χ2n) is 7.32. The van der Waals surface area contributed by atoms with Crippen molar-refractivity contribution in [2.45, 2.75) is 13.8 Å². The molecule has 0 fully saturated rings. The molecule has 0 aliphatic heterocycles. The third kappa shape index (κ3) is 4.73. The highest BCUT2D eigenvalue weighted by Crippen LogP contribution is 2.21. The maximum atomic E-state index is 12.6. The van der Waals surface area contributed by atoms with Gasteiger partial charge >= 0.3 is 5.97 Å². The van der Waals surface area contributed by atoms with Gasteiger partial charge in [-0.05, 0) is 43.2 Å². The van der Waals surface area contributed by atoms with Crippen LogP contribution in [0.3, 0.4) is 0 Å². The van der Waals surface area contributed by atoms with Crippen molar-refractivity contribution in [2.24, 2.45) is 0 Å². The van der Waals surface area contributed by atoms with Crippen molar-refractivity contribution in [2.75, 3.05) is 11.9 Å². The first kappa shape index (κ1) is 21.0. The van der Waals surface area contributed by atoms with Crippen LogP contribution in [-0.4, -0.2) is 33.2 Å². The Morgan fingerprint density at radius 2 is 1.62 bits per heavy atom. The third-order valence-electron chi connectivity index (χ3n) is 4.82. The quantitative estimate of drug-likeness (QED) is 0.464. The Kier molecular flexibility index (Phi) is 6.07. The number of nitrogens with zero attached hydrogens (tertiary/aromatic N) is 3. The Bertz CT molecular complexity index is 1190. The van der Waals surface area contributed by atoms with E-state index >= 15 is 0 Å². The summed E-state index contributed by atoms with van der Waals surface area (Å²) in [5.41, 5.74) is 4.18. The van der Waals surface area contributed by atoms with Gasteiger partial charge in [0.1, 0.15) is 0 Å². The Morgan fingerprint density at radius 3 is 2.34 bits per heavy atom. The molecule has 0 aliphatic carbocycles. The highest BCUT2D eigenvalue weighted by atomic mass is 16.5. The zero-order chi connectivity index (χ0) is 22.5. The fourth-order valence-corrected chi connectivity index (χ4v) is 3.17. The number of esters is 1. The first-order chi connectivity index (χ1) is 15.5. The molecule has 0 saturated carbocycles. The number of anilines is 1. The minimum Gasteiger partial charge on any atom is -0.450 e. The predicted molar refractivity (Wildman–Crippen MR) is 122 cm³/mol. The van der Waals surface area contributed by atoms with E-state index in [2.05, 4.69) is 15.4 Å². The Balaban J connectivity index is 1.52. The van der Waals surface area contributed by atoms with E-state index in [4.69, 9.17) is 4.74 Å². The van der Waals surface area contributed by atoms with E-state index < -0.39 is 18.5 Å². The van der Waals surface area contributed by atoms with E-state index in [-0.39, 0.29) is 5.82 Å². The largest absolute Gasteiger partial charge is 0.450 e. The van der Waals surface area contributed by atoms with Gasteiger partial charge in [0.25, 0.3) is 11.7 Å². The number of hydrogen-bond donors (Lipinski definition) is 1. The van der Waals surface area contributed by atoms with Crippen molar-refractivity contribution in [3.05, 3.63) is 95.8 Å². The lowest BCUT2D eigenvalue weighted by atomic mass is 10.1. The van der Waals surface area contributed by atoms with Crippen molar-refractivity contribution in [1.82, 2.24) is 14.8 Å². The van der Waals surface area contributed by atoms with Crippen molar-refractivity contribution in [3.8, 4) is 17.1 Å². The van der Waals surface area contributed by atoms with E-state index in [1.807, 2.05) is 92.7 Å². The lowest BCUT2D eigenvalue weighted by molar-refractivity contribution is -0.119. The van der Waals surface area contributed by atoms with Gasteiger partial charge in [-0.15, -0.1) is 5.10 Å². The molecule has 7 nitrogen and oxygen atoms in total. The molecule has 1 N–H and O–H groups in total. The average molecular weight is 426 g/mol. The summed E-state index contributed by atoms with van der Waals surface area (Å²) < 4.78 is 6.77. The lowest BCUT2D eigenvalue weighted by Gasteiger charge is -2.09. The molecule has 0 bridgehead atoms. The zero-order valence-corrected chi connectivity index (χ0v) is 17.8. The Labute approximate surface area is 185 Å². The second kappa shape index (κ2) is 9.26. The summed E-state index contributed by atoms with van der Waals surface area (Å²) in [7, 11) is 0. The van der Waals surface area contributed by atoms with Crippen molar-refractivity contribution in [3.63, 3.8) is 0 Å². The smallest absolute Gasteiger partial charge is 0.378 e. The van der Waals surface area contributed by atoms with Crippen LogP contribution in [0.4, 0.5) is 5.69 Å². The number of aromatic nitrogens is 3. The molecule has 4 rings (SSSR count). The standard InChI is InChI=1S/C25H22N4O3/c1-17-13-14-18(2)21(15-17)26-22(30)16-32-25(31)23-27-24(19-9-5-3-6-10-19)29(28-23)20-11-7-4-8-12-20/h3-15H,16H2,1-2H3,(H,26,30). The molecule has 7 heteroatoms. The Morgan fingerprint density at radius 1 is 0.938 bits per heavy atom. The van der Waals surface area contributed by atoms with Gasteiger partial charge in [-0.3, -0.25) is 4.79 Å². The molecule has 0 radical (unpaired) electrons. The fraction of sp³-hybridized carbons (Fsp3) is 0.120. The maximum Gasteiger partial charge on any atom is 0.378 e. The van der Waals surface area contributed by atoms with Gasteiger partial charge in [0, 0.05) is 11.3 Å². The van der Waals surface area contributed by atoms with E-state index in [1.165, 1.54) is 0 Å². The van der Waals surface area contributed by atoms with Gasteiger partial charge < -0.3 is 10.1 Å². The summed E-state index contributed by atoms with van der Waals surface area (Å²) in [6, 6.07) is 24.6. The molecule has 0 saturated heterocycles. The first-order valence-corrected chi connectivity index (χ1v) is 10.1. The first-order valence-electron chi connectivity index (χ1n) is 10.1. The molecule has 1 aromatic heterocycles. The number of para-hydroxylation sites is 1. The topological polar surface area (TPSA) is 86.1 Å². The third-order valence-corrected chi connectivity index (χ3v) is 4.82. The molecule has 0 atom stereocenters. The van der Waals surface area contributed by atoms with Gasteiger partial charge in [0.05, 0.1) is 5.69 Å². The highest BCUT2D eigenvalue weighted by molar-refractivity contribution is 5.95. The molecule has 0 unspecified atom stereocenters. The van der Waals surface area contributed by atoms with Crippen LogP contribution in [0.25, 0.3) is 17.1 Å². The van der Waals surface area contributed by atoms with Crippen LogP contribution < -0.4 is 5.32 Å². The van der Waals surface area contributed by atoms with Gasteiger partial charge in [0.15, 0.2) is 12.4 Å². The number of rotatable bonds is 6. The van der Waals surface area contributed by atoms with Crippen molar-refractivity contribution < 1.29 is 14.3 Å². The van der Waals surface area contributed by atoms with Crippen molar-refractivity contribution in [1.29, 1.82) is 0 Å². The van der Waals surface area contributed by atoms with Crippen LogP contribution in [0.1, 0.15) is 21.7 Å². The van der Waals surface area contributed by atoms with Crippen LogP contribution in [0.15, 0.2) is 78.9 Å². The number of benzene rings is 3. The second-order valence-corrected chi connectivity index (χ2v) is 7.32. The fourth-order valence-electron chi connectivity index (χ4n) is 3.17. The molecule has 32 heavy (non-hydrogen) atoms. The number of nitrogens with one attached hydrogen (secondary N) is 1. The predicted octanol–water partition coefficient (Wildman–Crippen LogP) is 4.35. The number of hydrogen-bond acceptors (Lipinski definition) is 5. The number of aryl methyl sites for hydroxylation is 2. The van der Waals surface area contributed by atoms with E-state index in [0.29, 0.717) is 11.5 Å². The van der Waals surface area contributed by atoms with Crippen LogP contribution in [-0.2, 0) is 9.53 Å². The van der Waals surface area contributed by atoms with E-state index in [9.17, 15) is 9.59 Å². The minimum absolute atomic E-state index is 0.118. The van der Waals surface area contributed by atoms with Crippen LogP contribution in [0.5, 0.6) is 0 Å². The van der Waals surface area contributed by atoms with Gasteiger partial charge in [-0.2, -0.15) is 0 Å². The van der Waals surface area contributed by atoms with Gasteiger partial charge in [-0.25, -0.2) is 14.5 Å². The molecule has 160 valence electrons.